The van der Waals surface area contributed by atoms with E-state index in [0.29, 0.717) is 19.4 Å². The highest BCUT2D eigenvalue weighted by molar-refractivity contribution is 5.79. The van der Waals surface area contributed by atoms with Gasteiger partial charge in [0.15, 0.2) is 0 Å². The summed E-state index contributed by atoms with van der Waals surface area (Å²) >= 11 is 0. The summed E-state index contributed by atoms with van der Waals surface area (Å²) in [6, 6.07) is 9.18. The first-order valence-corrected chi connectivity index (χ1v) is 7.22. The molecule has 2 amide bonds. The van der Waals surface area contributed by atoms with Crippen LogP contribution in [0.5, 0.6) is 0 Å². The summed E-state index contributed by atoms with van der Waals surface area (Å²) in [5.74, 6) is -0.837. The maximum atomic E-state index is 12.2. The minimum absolute atomic E-state index is 0.224. The molecule has 21 heavy (non-hydrogen) atoms. The molecule has 2 unspecified atom stereocenters. The van der Waals surface area contributed by atoms with E-state index in [4.69, 9.17) is 0 Å². The third-order valence-electron chi connectivity index (χ3n) is 4.35. The van der Waals surface area contributed by atoms with Crippen LogP contribution in [0.2, 0.25) is 0 Å². The van der Waals surface area contributed by atoms with Crippen LogP contribution in [0.3, 0.4) is 0 Å². The van der Waals surface area contributed by atoms with Gasteiger partial charge in [0.1, 0.15) is 0 Å². The second-order valence-electron chi connectivity index (χ2n) is 5.96. The highest BCUT2D eigenvalue weighted by Gasteiger charge is 2.46. The van der Waals surface area contributed by atoms with E-state index in [1.54, 1.807) is 18.9 Å². The van der Waals surface area contributed by atoms with E-state index in [0.717, 1.165) is 12.0 Å². The van der Waals surface area contributed by atoms with E-state index in [2.05, 4.69) is 5.32 Å². The van der Waals surface area contributed by atoms with Crippen molar-refractivity contribution in [2.75, 3.05) is 7.05 Å². The van der Waals surface area contributed by atoms with Crippen molar-refractivity contribution in [1.82, 2.24) is 10.2 Å². The third kappa shape index (κ3) is 3.35. The van der Waals surface area contributed by atoms with Gasteiger partial charge < -0.3 is 15.3 Å². The summed E-state index contributed by atoms with van der Waals surface area (Å²) in [6.07, 6.45) is 2.15. The molecule has 0 bridgehead atoms. The highest BCUT2D eigenvalue weighted by Crippen LogP contribution is 2.38. The summed E-state index contributed by atoms with van der Waals surface area (Å²) < 4.78 is 0. The van der Waals surface area contributed by atoms with Crippen molar-refractivity contribution in [2.45, 2.75) is 38.8 Å². The van der Waals surface area contributed by atoms with Crippen LogP contribution >= 0.6 is 0 Å². The fourth-order valence-electron chi connectivity index (χ4n) is 2.84. The summed E-state index contributed by atoms with van der Waals surface area (Å²) in [5.41, 5.74) is 0.186. The van der Waals surface area contributed by atoms with Gasteiger partial charge in [-0.25, -0.2) is 4.79 Å². The zero-order valence-corrected chi connectivity index (χ0v) is 12.5. The zero-order chi connectivity index (χ0) is 15.5. The second-order valence-corrected chi connectivity index (χ2v) is 5.96. The number of nitrogens with one attached hydrogen (secondary N) is 1. The van der Waals surface area contributed by atoms with Crippen LogP contribution in [0.4, 0.5) is 4.79 Å². The van der Waals surface area contributed by atoms with Gasteiger partial charge in [0.2, 0.25) is 0 Å². The lowest BCUT2D eigenvalue weighted by atomic mass is 9.85. The summed E-state index contributed by atoms with van der Waals surface area (Å²) in [4.78, 5) is 25.2. The number of carbonyl (C=O) groups is 2. The van der Waals surface area contributed by atoms with E-state index >= 15 is 0 Å². The van der Waals surface area contributed by atoms with Gasteiger partial charge in [-0.05, 0) is 25.3 Å². The van der Waals surface area contributed by atoms with Gasteiger partial charge in [0.05, 0.1) is 5.41 Å². The Hall–Kier alpha value is -2.04. The van der Waals surface area contributed by atoms with Crippen LogP contribution in [0.25, 0.3) is 0 Å². The average Bonchev–Trinajstić information content (AvgIpc) is 2.82. The van der Waals surface area contributed by atoms with E-state index in [1.165, 1.54) is 0 Å². The monoisotopic (exact) mass is 290 g/mol. The molecule has 1 fully saturated rings. The Kier molecular flexibility index (Phi) is 4.50. The largest absolute Gasteiger partial charge is 0.481 e. The molecule has 1 aromatic rings. The molecule has 2 rings (SSSR count). The maximum Gasteiger partial charge on any atom is 0.317 e. The van der Waals surface area contributed by atoms with Crippen LogP contribution < -0.4 is 5.32 Å². The van der Waals surface area contributed by atoms with E-state index in [-0.39, 0.29) is 12.1 Å². The van der Waals surface area contributed by atoms with Gasteiger partial charge in [-0.2, -0.15) is 0 Å². The molecule has 1 aliphatic rings. The maximum absolute atomic E-state index is 12.2. The highest BCUT2D eigenvalue weighted by atomic mass is 16.4. The van der Waals surface area contributed by atoms with Crippen molar-refractivity contribution >= 4 is 12.0 Å². The number of amides is 2. The summed E-state index contributed by atoms with van der Waals surface area (Å²) in [5, 5.41) is 12.2. The Morgan fingerprint density at radius 1 is 1.38 bits per heavy atom. The van der Waals surface area contributed by atoms with Crippen LogP contribution in [0.15, 0.2) is 30.3 Å². The first kappa shape index (κ1) is 15.4. The smallest absolute Gasteiger partial charge is 0.317 e. The van der Waals surface area contributed by atoms with Gasteiger partial charge in [0.25, 0.3) is 0 Å². The average molecular weight is 290 g/mol. The van der Waals surface area contributed by atoms with Crippen LogP contribution in [-0.4, -0.2) is 35.1 Å². The molecule has 5 heteroatoms. The van der Waals surface area contributed by atoms with Gasteiger partial charge in [0, 0.05) is 19.6 Å². The normalized spacial score (nSPS) is 24.6. The molecule has 1 aromatic carbocycles. The quantitative estimate of drug-likeness (QED) is 0.895. The Morgan fingerprint density at radius 2 is 2.05 bits per heavy atom. The number of hydrogen-bond acceptors (Lipinski definition) is 2. The van der Waals surface area contributed by atoms with Gasteiger partial charge in [-0.1, -0.05) is 36.8 Å². The number of carboxylic acid groups (broad SMARTS) is 1. The molecule has 0 saturated heterocycles. The van der Waals surface area contributed by atoms with Crippen LogP contribution in [-0.2, 0) is 11.3 Å². The number of carbonyl (C=O) groups excluding carboxylic acids is 1. The molecule has 114 valence electrons. The molecule has 0 aliphatic heterocycles. The molecule has 1 aliphatic carbocycles. The molecule has 0 spiro atoms. The van der Waals surface area contributed by atoms with E-state index in [9.17, 15) is 14.7 Å². The molecular formula is C16H22N2O3. The topological polar surface area (TPSA) is 69.6 Å². The number of urea groups is 1. The second kappa shape index (κ2) is 6.16. The predicted molar refractivity (Wildman–Crippen MR) is 79.8 cm³/mol. The SMILES string of the molecule is CN(Cc1ccccc1)C(=O)NC1CCCC1(C)C(=O)O. The first-order chi connectivity index (χ1) is 9.93. The van der Waals surface area contributed by atoms with Gasteiger partial charge in [-0.3, -0.25) is 4.79 Å². The fraction of sp³-hybridized carbons (Fsp3) is 0.500. The predicted octanol–water partition coefficient (Wildman–Crippen LogP) is 2.47. The number of nitrogens with zero attached hydrogens (tertiary/aromatic N) is 1. The molecular weight excluding hydrogens is 268 g/mol. The Morgan fingerprint density at radius 3 is 2.67 bits per heavy atom. The molecule has 5 nitrogen and oxygen atoms in total. The van der Waals surface area contributed by atoms with Crippen molar-refractivity contribution in [3.05, 3.63) is 35.9 Å². The molecule has 1 saturated carbocycles. The van der Waals surface area contributed by atoms with E-state index in [1.807, 2.05) is 30.3 Å². The van der Waals surface area contributed by atoms with E-state index < -0.39 is 11.4 Å². The number of carboxylic acids is 1. The standard InChI is InChI=1S/C16H22N2O3/c1-16(14(19)20)10-6-9-13(16)17-15(21)18(2)11-12-7-4-3-5-8-12/h3-5,7-8,13H,6,9-11H2,1-2H3,(H,17,21)(H,19,20). The van der Waals surface area contributed by atoms with Crippen LogP contribution in [0, 0.1) is 5.41 Å². The number of rotatable bonds is 4. The van der Waals surface area contributed by atoms with Crippen molar-refractivity contribution in [1.29, 1.82) is 0 Å². The minimum atomic E-state index is -0.858. The zero-order valence-electron chi connectivity index (χ0n) is 12.5. The van der Waals surface area contributed by atoms with Crippen molar-refractivity contribution in [3.63, 3.8) is 0 Å². The van der Waals surface area contributed by atoms with Crippen LogP contribution in [0.1, 0.15) is 31.7 Å². The fourth-order valence-corrected chi connectivity index (χ4v) is 2.84. The van der Waals surface area contributed by atoms with Crippen molar-refractivity contribution in [2.24, 2.45) is 5.41 Å². The van der Waals surface area contributed by atoms with Crippen molar-refractivity contribution in [3.8, 4) is 0 Å². The van der Waals surface area contributed by atoms with Gasteiger partial charge >= 0.3 is 12.0 Å². The number of benzene rings is 1. The first-order valence-electron chi connectivity index (χ1n) is 7.22. The summed E-state index contributed by atoms with van der Waals surface area (Å²) in [6.45, 7) is 2.22. The van der Waals surface area contributed by atoms with Gasteiger partial charge in [-0.15, -0.1) is 0 Å². The molecule has 0 heterocycles. The van der Waals surface area contributed by atoms with Crippen molar-refractivity contribution < 1.29 is 14.7 Å². The molecule has 0 aromatic heterocycles. The number of aliphatic carboxylic acids is 1. The molecule has 0 radical (unpaired) electrons. The Bertz CT molecular complexity index is 518. The molecule has 2 atom stereocenters. The Labute approximate surface area is 125 Å². The Balaban J connectivity index is 1.96. The lowest BCUT2D eigenvalue weighted by Gasteiger charge is -2.29. The molecule has 2 N–H and O–H groups in total. The minimum Gasteiger partial charge on any atom is -0.481 e. The lowest BCUT2D eigenvalue weighted by Crippen LogP contribution is -2.50. The third-order valence-corrected chi connectivity index (χ3v) is 4.35. The lowest BCUT2D eigenvalue weighted by molar-refractivity contribution is -0.148. The number of hydrogen-bond donors (Lipinski definition) is 2. The summed E-state index contributed by atoms with van der Waals surface area (Å²) in [7, 11) is 1.72.